The predicted molar refractivity (Wildman–Crippen MR) is 65.6 cm³/mol. The summed E-state index contributed by atoms with van der Waals surface area (Å²) in [5.41, 5.74) is 5.15. The summed E-state index contributed by atoms with van der Waals surface area (Å²) in [5.74, 6) is -0.527. The summed E-state index contributed by atoms with van der Waals surface area (Å²) in [4.78, 5) is 9.81. The first-order chi connectivity index (χ1) is 8.34. The van der Waals surface area contributed by atoms with Gasteiger partial charge in [0.25, 0.3) is 5.69 Å². The summed E-state index contributed by atoms with van der Waals surface area (Å²) in [7, 11) is -3.73. The number of hydrogen-bond acceptors (Lipinski definition) is 6. The number of sulfonamides is 1. The molecule has 1 aromatic carbocycles. The molecular weight excluding hydrogens is 262 g/mol. The minimum absolute atomic E-state index is 0.139. The number of aliphatic hydroxyl groups excluding tert-OH is 1. The van der Waals surface area contributed by atoms with Crippen LogP contribution in [-0.2, 0) is 10.0 Å². The van der Waals surface area contributed by atoms with E-state index in [2.05, 4.69) is 4.72 Å². The number of anilines is 1. The maximum Gasteiger partial charge on any atom is 0.269 e. The molecule has 0 aliphatic heterocycles. The lowest BCUT2D eigenvalue weighted by molar-refractivity contribution is -0.384. The van der Waals surface area contributed by atoms with E-state index in [1.54, 1.807) is 0 Å². The Morgan fingerprint density at radius 1 is 1.39 bits per heavy atom. The molecule has 1 atom stereocenters. The monoisotopic (exact) mass is 275 g/mol. The van der Waals surface area contributed by atoms with E-state index in [4.69, 9.17) is 10.8 Å². The lowest BCUT2D eigenvalue weighted by Gasteiger charge is -2.10. The number of nitro groups is 1. The maximum atomic E-state index is 11.5. The van der Waals surface area contributed by atoms with E-state index in [0.29, 0.717) is 0 Å². The highest BCUT2D eigenvalue weighted by Gasteiger charge is 2.16. The Labute approximate surface area is 104 Å². The van der Waals surface area contributed by atoms with Crippen molar-refractivity contribution in [3.8, 4) is 0 Å². The second-order valence-electron chi connectivity index (χ2n) is 3.58. The quantitative estimate of drug-likeness (QED) is 0.480. The van der Waals surface area contributed by atoms with E-state index in [9.17, 15) is 18.5 Å². The van der Waals surface area contributed by atoms with Crippen molar-refractivity contribution in [2.75, 3.05) is 17.0 Å². The first kappa shape index (κ1) is 14.4. The van der Waals surface area contributed by atoms with Crippen LogP contribution in [0, 0.1) is 10.1 Å². The largest absolute Gasteiger partial charge is 0.391 e. The fourth-order valence-electron chi connectivity index (χ4n) is 1.19. The van der Waals surface area contributed by atoms with Crippen LogP contribution in [0.25, 0.3) is 0 Å². The number of benzene rings is 1. The number of nitrogens with one attached hydrogen (secondary N) is 1. The Bertz CT molecular complexity index is 514. The van der Waals surface area contributed by atoms with Crippen LogP contribution in [0.1, 0.15) is 0 Å². The molecule has 0 amide bonds. The lowest BCUT2D eigenvalue weighted by Crippen LogP contribution is -2.31. The molecule has 0 unspecified atom stereocenters. The van der Waals surface area contributed by atoms with Crippen molar-refractivity contribution in [1.29, 1.82) is 0 Å². The SMILES string of the molecule is NC[C@@H](O)CS(=O)(=O)Nc1ccc([N+](=O)[O-])cc1. The van der Waals surface area contributed by atoms with E-state index in [1.165, 1.54) is 24.3 Å². The van der Waals surface area contributed by atoms with Crippen molar-refractivity contribution < 1.29 is 18.4 Å². The first-order valence-electron chi connectivity index (χ1n) is 4.97. The van der Waals surface area contributed by atoms with Crippen molar-refractivity contribution in [3.63, 3.8) is 0 Å². The molecular formula is C9H13N3O5S. The summed E-state index contributed by atoms with van der Waals surface area (Å²) in [5, 5.41) is 19.6. The molecule has 4 N–H and O–H groups in total. The molecule has 0 saturated heterocycles. The number of nitro benzene ring substituents is 1. The Hall–Kier alpha value is -1.71. The molecule has 0 aliphatic rings. The van der Waals surface area contributed by atoms with Gasteiger partial charge < -0.3 is 10.8 Å². The van der Waals surface area contributed by atoms with Crippen molar-refractivity contribution >= 4 is 21.4 Å². The number of non-ortho nitro benzene ring substituents is 1. The number of nitrogens with two attached hydrogens (primary N) is 1. The van der Waals surface area contributed by atoms with Crippen molar-refractivity contribution in [2.45, 2.75) is 6.10 Å². The molecule has 0 aliphatic carbocycles. The van der Waals surface area contributed by atoms with Crippen molar-refractivity contribution in [2.24, 2.45) is 5.73 Å². The van der Waals surface area contributed by atoms with Gasteiger partial charge in [-0.15, -0.1) is 0 Å². The molecule has 9 heteroatoms. The molecule has 0 heterocycles. The van der Waals surface area contributed by atoms with Crippen LogP contribution in [-0.4, -0.2) is 36.8 Å². The third-order valence-electron chi connectivity index (χ3n) is 2.04. The van der Waals surface area contributed by atoms with Crippen molar-refractivity contribution in [1.82, 2.24) is 0 Å². The van der Waals surface area contributed by atoms with Crippen LogP contribution in [0.4, 0.5) is 11.4 Å². The van der Waals surface area contributed by atoms with E-state index >= 15 is 0 Å². The molecule has 1 aromatic rings. The third-order valence-corrected chi connectivity index (χ3v) is 3.41. The van der Waals surface area contributed by atoms with Crippen LogP contribution >= 0.6 is 0 Å². The Morgan fingerprint density at radius 2 is 1.94 bits per heavy atom. The van der Waals surface area contributed by atoms with Crippen molar-refractivity contribution in [3.05, 3.63) is 34.4 Å². The van der Waals surface area contributed by atoms with Gasteiger partial charge in [-0.2, -0.15) is 0 Å². The average Bonchev–Trinajstić information content (AvgIpc) is 2.28. The van der Waals surface area contributed by atoms with Gasteiger partial charge in [0.1, 0.15) is 0 Å². The molecule has 100 valence electrons. The van der Waals surface area contributed by atoms with E-state index in [-0.39, 0.29) is 17.9 Å². The van der Waals surface area contributed by atoms with Crippen LogP contribution in [0.2, 0.25) is 0 Å². The minimum Gasteiger partial charge on any atom is -0.391 e. The zero-order valence-corrected chi connectivity index (χ0v) is 10.1. The van der Waals surface area contributed by atoms with E-state index in [0.717, 1.165) is 0 Å². The molecule has 8 nitrogen and oxygen atoms in total. The van der Waals surface area contributed by atoms with Crippen LogP contribution < -0.4 is 10.5 Å². The number of rotatable bonds is 6. The maximum absolute atomic E-state index is 11.5. The number of aliphatic hydroxyl groups is 1. The third kappa shape index (κ3) is 4.28. The minimum atomic E-state index is -3.73. The van der Waals surface area contributed by atoms with E-state index < -0.39 is 26.8 Å². The molecule has 0 fully saturated rings. The predicted octanol–water partition coefficient (Wildman–Crippen LogP) is -0.344. The Balaban J connectivity index is 2.75. The second-order valence-corrected chi connectivity index (χ2v) is 5.34. The van der Waals surface area contributed by atoms with Gasteiger partial charge in [0, 0.05) is 24.4 Å². The Morgan fingerprint density at radius 3 is 2.39 bits per heavy atom. The molecule has 18 heavy (non-hydrogen) atoms. The summed E-state index contributed by atoms with van der Waals surface area (Å²) >= 11 is 0. The molecule has 0 radical (unpaired) electrons. The van der Waals surface area contributed by atoms with Gasteiger partial charge in [-0.25, -0.2) is 8.42 Å². The van der Waals surface area contributed by atoms with Crippen LogP contribution in [0.3, 0.4) is 0 Å². The summed E-state index contributed by atoms with van der Waals surface area (Å²) in [6, 6.07) is 4.89. The smallest absolute Gasteiger partial charge is 0.269 e. The number of nitrogens with zero attached hydrogens (tertiary/aromatic N) is 1. The number of hydrogen-bond donors (Lipinski definition) is 3. The first-order valence-corrected chi connectivity index (χ1v) is 6.62. The summed E-state index contributed by atoms with van der Waals surface area (Å²) in [6.07, 6.45) is -1.15. The van der Waals surface area contributed by atoms with Gasteiger partial charge in [-0.1, -0.05) is 0 Å². The fraction of sp³-hybridized carbons (Fsp3) is 0.333. The zero-order valence-electron chi connectivity index (χ0n) is 9.31. The average molecular weight is 275 g/mol. The molecule has 0 aromatic heterocycles. The van der Waals surface area contributed by atoms with Gasteiger partial charge in [0.05, 0.1) is 16.8 Å². The van der Waals surface area contributed by atoms with Gasteiger partial charge in [-0.05, 0) is 12.1 Å². The van der Waals surface area contributed by atoms with Gasteiger partial charge in [0.15, 0.2) is 0 Å². The van der Waals surface area contributed by atoms with Crippen LogP contribution in [0.15, 0.2) is 24.3 Å². The zero-order chi connectivity index (χ0) is 13.8. The molecule has 0 spiro atoms. The topological polar surface area (TPSA) is 136 Å². The van der Waals surface area contributed by atoms with Gasteiger partial charge >= 0.3 is 0 Å². The van der Waals surface area contributed by atoms with Gasteiger partial charge in [-0.3, -0.25) is 14.8 Å². The van der Waals surface area contributed by atoms with Crippen LogP contribution in [0.5, 0.6) is 0 Å². The second kappa shape index (κ2) is 5.76. The normalized spacial score (nSPS) is 13.0. The fourth-order valence-corrected chi connectivity index (χ4v) is 2.41. The molecule has 0 bridgehead atoms. The summed E-state index contributed by atoms with van der Waals surface area (Å²) < 4.78 is 25.2. The summed E-state index contributed by atoms with van der Waals surface area (Å²) in [6.45, 7) is -0.166. The Kier molecular flexibility index (Phi) is 4.59. The van der Waals surface area contributed by atoms with Gasteiger partial charge in [0.2, 0.25) is 10.0 Å². The highest BCUT2D eigenvalue weighted by atomic mass is 32.2. The molecule has 1 rings (SSSR count). The lowest BCUT2D eigenvalue weighted by atomic mass is 10.3. The highest BCUT2D eigenvalue weighted by Crippen LogP contribution is 2.16. The highest BCUT2D eigenvalue weighted by molar-refractivity contribution is 7.92. The van der Waals surface area contributed by atoms with E-state index in [1.807, 2.05) is 0 Å². The standard InChI is InChI=1S/C9H13N3O5S/c10-5-9(13)6-18(16,17)11-7-1-3-8(4-2-7)12(14)15/h1-4,9,11,13H,5-6,10H2/t9-/m1/s1. The molecule has 0 saturated carbocycles.